The van der Waals surface area contributed by atoms with Crippen LogP contribution < -0.4 is 22.5 Å². The lowest BCUT2D eigenvalue weighted by molar-refractivity contribution is -0.120. The van der Waals surface area contributed by atoms with Gasteiger partial charge in [0, 0.05) is 18.5 Å². The van der Waals surface area contributed by atoms with Crippen LogP contribution in [0.15, 0.2) is 29.2 Å². The summed E-state index contributed by atoms with van der Waals surface area (Å²) in [6.07, 6.45) is 10.5. The van der Waals surface area contributed by atoms with E-state index in [0.717, 1.165) is 12.5 Å². The van der Waals surface area contributed by atoms with Gasteiger partial charge in [-0.3, -0.25) is 9.79 Å². The van der Waals surface area contributed by atoms with Gasteiger partial charge in [0.2, 0.25) is 0 Å². The number of nitrogens with zero attached hydrogens (tertiary/aromatic N) is 1. The van der Waals surface area contributed by atoms with Crippen molar-refractivity contribution in [2.75, 3.05) is 0 Å². The number of nitrogens with two attached hydrogens (primary N) is 3. The highest BCUT2D eigenvalue weighted by Gasteiger charge is 2.46. The Labute approximate surface area is 160 Å². The Morgan fingerprint density at radius 3 is 2.04 bits per heavy atom. The Morgan fingerprint density at radius 1 is 1.19 bits per heavy atom. The fourth-order valence-corrected chi connectivity index (χ4v) is 2.97. The molecule has 2 aliphatic carbocycles. The first kappa shape index (κ1) is 22.4. The first-order valence-electron chi connectivity index (χ1n) is 9.27. The minimum absolute atomic E-state index is 0.000655. The van der Waals surface area contributed by atoms with Crippen LogP contribution in [0.2, 0.25) is 0 Å². The molecule has 0 spiro atoms. The summed E-state index contributed by atoms with van der Waals surface area (Å²) in [6.45, 7) is 3.79. The van der Waals surface area contributed by atoms with Crippen molar-refractivity contribution in [2.45, 2.75) is 51.6 Å². The number of rotatable bonds is 9. The molecule has 150 valence electrons. The van der Waals surface area contributed by atoms with Crippen molar-refractivity contribution in [3.63, 3.8) is 0 Å². The first-order chi connectivity index (χ1) is 12.9. The Kier molecular flexibility index (Phi) is 9.25. The summed E-state index contributed by atoms with van der Waals surface area (Å²) >= 11 is 0. The quantitative estimate of drug-likeness (QED) is 0.297. The third kappa shape index (κ3) is 8.06. The number of aldehydes is 1. The molecule has 0 bridgehead atoms. The van der Waals surface area contributed by atoms with Crippen LogP contribution in [0.1, 0.15) is 39.5 Å². The second-order valence-electron chi connectivity index (χ2n) is 7.17. The lowest BCUT2D eigenvalue weighted by atomic mass is 9.90. The molecule has 0 saturated heterocycles. The van der Waals surface area contributed by atoms with Crippen LogP contribution in [0.25, 0.3) is 0 Å². The summed E-state index contributed by atoms with van der Waals surface area (Å²) in [7, 11) is 0. The number of hydrogen-bond donors (Lipinski definition) is 5. The van der Waals surface area contributed by atoms with E-state index in [1.807, 2.05) is 13.8 Å². The molecular formula is C19H32N6O2. The molecule has 2 fully saturated rings. The zero-order valence-electron chi connectivity index (χ0n) is 16.1. The van der Waals surface area contributed by atoms with E-state index in [4.69, 9.17) is 22.6 Å². The summed E-state index contributed by atoms with van der Waals surface area (Å²) in [4.78, 5) is 28.0. The van der Waals surface area contributed by atoms with Gasteiger partial charge in [0.25, 0.3) is 5.91 Å². The summed E-state index contributed by atoms with van der Waals surface area (Å²) in [5.41, 5.74) is 15.8. The highest BCUT2D eigenvalue weighted by molar-refractivity contribution is 6.43. The second-order valence-corrected chi connectivity index (χ2v) is 7.17. The molecule has 8 heteroatoms. The molecule has 1 unspecified atom stereocenters. The molecule has 0 aromatic heterocycles. The van der Waals surface area contributed by atoms with Gasteiger partial charge in [0.15, 0.2) is 0 Å². The number of aliphatic imine (C=N–C) groups is 1. The normalized spacial score (nSPS) is 18.8. The third-order valence-corrected chi connectivity index (χ3v) is 4.43. The van der Waals surface area contributed by atoms with Crippen LogP contribution in [-0.2, 0) is 9.59 Å². The number of nitrogens with one attached hydrogen (secondary N) is 2. The van der Waals surface area contributed by atoms with Gasteiger partial charge in [-0.1, -0.05) is 0 Å². The van der Waals surface area contributed by atoms with Gasteiger partial charge in [-0.25, -0.2) is 0 Å². The molecule has 2 saturated carbocycles. The molecule has 0 aromatic rings. The van der Waals surface area contributed by atoms with E-state index in [1.54, 1.807) is 0 Å². The molecule has 27 heavy (non-hydrogen) atoms. The zero-order chi connectivity index (χ0) is 20.4. The fourth-order valence-electron chi connectivity index (χ4n) is 2.97. The van der Waals surface area contributed by atoms with Gasteiger partial charge >= 0.3 is 0 Å². The summed E-state index contributed by atoms with van der Waals surface area (Å²) in [6, 6.07) is -0.402. The van der Waals surface area contributed by atoms with E-state index in [0.29, 0.717) is 17.8 Å². The third-order valence-electron chi connectivity index (χ3n) is 4.43. The van der Waals surface area contributed by atoms with Gasteiger partial charge in [-0.2, -0.15) is 0 Å². The van der Waals surface area contributed by atoms with Crippen LogP contribution in [-0.4, -0.2) is 36.2 Å². The van der Waals surface area contributed by atoms with Crippen molar-refractivity contribution >= 4 is 24.1 Å². The lowest BCUT2D eigenvalue weighted by Gasteiger charge is -2.23. The van der Waals surface area contributed by atoms with E-state index in [9.17, 15) is 9.59 Å². The Hall–Kier alpha value is -2.64. The van der Waals surface area contributed by atoms with E-state index in [1.165, 1.54) is 44.2 Å². The average Bonchev–Trinajstić information content (AvgIpc) is 3.54. The van der Waals surface area contributed by atoms with Crippen LogP contribution >= 0.6 is 0 Å². The molecule has 0 aliphatic heterocycles. The predicted molar refractivity (Wildman–Crippen MR) is 108 cm³/mol. The topological polar surface area (TPSA) is 160 Å². The number of carbonyl (C=O) groups excluding carboxylic acids is 2. The predicted octanol–water partition coefficient (Wildman–Crippen LogP) is 0.823. The molecule has 2 aliphatic rings. The van der Waals surface area contributed by atoms with Gasteiger partial charge in [0.1, 0.15) is 12.0 Å². The van der Waals surface area contributed by atoms with Crippen LogP contribution in [0.4, 0.5) is 0 Å². The van der Waals surface area contributed by atoms with Gasteiger partial charge in [-0.05, 0) is 69.6 Å². The molecule has 0 heterocycles. The van der Waals surface area contributed by atoms with Crippen LogP contribution in [0.5, 0.6) is 0 Å². The van der Waals surface area contributed by atoms with Crippen molar-refractivity contribution in [3.05, 3.63) is 24.2 Å². The molecular weight excluding hydrogens is 344 g/mol. The van der Waals surface area contributed by atoms with Gasteiger partial charge < -0.3 is 32.7 Å². The highest BCUT2D eigenvalue weighted by atomic mass is 16.2. The second kappa shape index (κ2) is 11.2. The van der Waals surface area contributed by atoms with Crippen LogP contribution in [0.3, 0.4) is 0 Å². The average molecular weight is 377 g/mol. The molecule has 1 amide bonds. The zero-order valence-corrected chi connectivity index (χ0v) is 16.1. The Bertz CT molecular complexity index is 591. The van der Waals surface area contributed by atoms with Crippen molar-refractivity contribution in [2.24, 2.45) is 39.9 Å². The summed E-state index contributed by atoms with van der Waals surface area (Å²) in [5.74, 6) is 1.19. The summed E-state index contributed by atoms with van der Waals surface area (Å²) in [5, 5.41) is 9.27. The maximum absolute atomic E-state index is 12.3. The molecule has 8 N–H and O–H groups in total. The number of amides is 1. The smallest absolute Gasteiger partial charge is 0.270 e. The van der Waals surface area contributed by atoms with E-state index in [2.05, 4.69) is 10.3 Å². The highest BCUT2D eigenvalue weighted by Crippen LogP contribution is 2.50. The molecule has 2 rings (SSSR count). The monoisotopic (exact) mass is 376 g/mol. The van der Waals surface area contributed by atoms with Gasteiger partial charge in [0.05, 0.1) is 11.7 Å². The van der Waals surface area contributed by atoms with Crippen LogP contribution in [0, 0.1) is 23.2 Å². The van der Waals surface area contributed by atoms with Gasteiger partial charge in [-0.15, -0.1) is 0 Å². The molecule has 1 atom stereocenters. The van der Waals surface area contributed by atoms with Crippen molar-refractivity contribution in [3.8, 4) is 0 Å². The van der Waals surface area contributed by atoms with Crippen molar-refractivity contribution < 1.29 is 9.59 Å². The maximum Gasteiger partial charge on any atom is 0.270 e. The van der Waals surface area contributed by atoms with E-state index < -0.39 is 6.04 Å². The number of hydrogen-bond acceptors (Lipinski definition) is 7. The lowest BCUT2D eigenvalue weighted by Crippen LogP contribution is -2.45. The number of carbonyl (C=O) groups is 2. The standard InChI is InChI=1S/C16H25N3O2.C3H7N3/c1-10(2)18-13(7-8-17)16(21)19-14(9-20)15(11-3-4-11)12-5-6-12;4-1-3(6)2-5/h7-12,14-15H,3-6,17H2,1-2H3,(H,19,21);1-2,4H,5-6H2/b8-7-,18-13?;3-2+,4-1?. The largest absolute Gasteiger partial charge is 0.405 e. The number of allylic oxidation sites excluding steroid dienone is 1. The van der Waals surface area contributed by atoms with Crippen molar-refractivity contribution in [1.82, 2.24) is 5.32 Å². The first-order valence-corrected chi connectivity index (χ1v) is 9.27. The minimum atomic E-state index is -0.402. The molecule has 8 nitrogen and oxygen atoms in total. The summed E-state index contributed by atoms with van der Waals surface area (Å²) < 4.78 is 0. The Balaban J connectivity index is 0.000000527. The maximum atomic E-state index is 12.3. The molecule has 0 radical (unpaired) electrons. The Morgan fingerprint density at radius 2 is 1.74 bits per heavy atom. The molecule has 0 aromatic carbocycles. The van der Waals surface area contributed by atoms with E-state index in [-0.39, 0.29) is 23.4 Å². The van der Waals surface area contributed by atoms with Crippen molar-refractivity contribution in [1.29, 1.82) is 5.41 Å². The van der Waals surface area contributed by atoms with E-state index >= 15 is 0 Å². The SMILES string of the molecule is CC(C)N=C(/C=C\N)C(=O)NC(C=O)C(C1CC1)C1CC1.N=C/C(N)=C\N. The fraction of sp³-hybridized carbons (Fsp3) is 0.579. The minimum Gasteiger partial charge on any atom is -0.405 e.